The number of carbonyl (C=O) groups is 1. The van der Waals surface area contributed by atoms with Crippen LogP contribution in [-0.4, -0.2) is 78.2 Å². The van der Waals surface area contributed by atoms with Gasteiger partial charge in [0.2, 0.25) is 5.95 Å². The highest BCUT2D eigenvalue weighted by Gasteiger charge is 2.27. The number of anilines is 2. The SMILES string of the molecule is Cc1cc(N2CCN(C(=O)c3ccc([N+](=O)[O-])o3)CC2)nc(N2CCOCC2)n1. The van der Waals surface area contributed by atoms with Crippen molar-refractivity contribution in [3.05, 3.63) is 39.8 Å². The molecule has 2 aromatic rings. The zero-order chi connectivity index (χ0) is 20.4. The van der Waals surface area contributed by atoms with Gasteiger partial charge in [-0.05, 0) is 13.0 Å². The van der Waals surface area contributed by atoms with Crippen molar-refractivity contribution in [1.29, 1.82) is 0 Å². The lowest BCUT2D eigenvalue weighted by Crippen LogP contribution is -2.49. The molecule has 0 unspecified atom stereocenters. The number of hydrogen-bond donors (Lipinski definition) is 0. The topological polar surface area (TPSA) is 118 Å². The third kappa shape index (κ3) is 4.14. The Morgan fingerprint density at radius 3 is 2.45 bits per heavy atom. The molecule has 0 aliphatic carbocycles. The quantitative estimate of drug-likeness (QED) is 0.547. The number of furan rings is 1. The minimum atomic E-state index is -0.655. The minimum Gasteiger partial charge on any atom is -0.395 e. The molecule has 0 spiro atoms. The number of piperazine rings is 1. The summed E-state index contributed by atoms with van der Waals surface area (Å²) in [7, 11) is 0. The van der Waals surface area contributed by atoms with E-state index in [0.717, 1.165) is 24.6 Å². The summed E-state index contributed by atoms with van der Waals surface area (Å²) >= 11 is 0. The van der Waals surface area contributed by atoms with Crippen LogP contribution in [0.1, 0.15) is 16.2 Å². The number of ether oxygens (including phenoxy) is 1. The van der Waals surface area contributed by atoms with E-state index in [2.05, 4.69) is 14.8 Å². The summed E-state index contributed by atoms with van der Waals surface area (Å²) < 4.78 is 10.4. The second kappa shape index (κ2) is 8.03. The van der Waals surface area contributed by atoms with Gasteiger partial charge >= 0.3 is 5.88 Å². The Morgan fingerprint density at radius 2 is 1.79 bits per heavy atom. The summed E-state index contributed by atoms with van der Waals surface area (Å²) in [5, 5.41) is 10.7. The zero-order valence-corrected chi connectivity index (χ0v) is 16.1. The first-order valence-corrected chi connectivity index (χ1v) is 9.48. The summed E-state index contributed by atoms with van der Waals surface area (Å²) in [6.45, 7) is 6.96. The summed E-state index contributed by atoms with van der Waals surface area (Å²) in [6, 6.07) is 4.48. The van der Waals surface area contributed by atoms with Crippen molar-refractivity contribution in [2.75, 3.05) is 62.3 Å². The molecule has 0 atom stereocenters. The van der Waals surface area contributed by atoms with Crippen LogP contribution in [-0.2, 0) is 4.74 Å². The number of aryl methyl sites for hydroxylation is 1. The fourth-order valence-corrected chi connectivity index (χ4v) is 3.44. The van der Waals surface area contributed by atoms with Gasteiger partial charge in [-0.15, -0.1) is 0 Å². The van der Waals surface area contributed by atoms with Gasteiger partial charge in [0.15, 0.2) is 5.76 Å². The number of aromatic nitrogens is 2. The number of carbonyl (C=O) groups excluding carboxylic acids is 1. The number of rotatable bonds is 4. The van der Waals surface area contributed by atoms with Gasteiger partial charge in [-0.25, -0.2) is 4.98 Å². The molecule has 0 bridgehead atoms. The molecule has 2 fully saturated rings. The maximum absolute atomic E-state index is 12.5. The second-order valence-corrected chi connectivity index (χ2v) is 6.94. The van der Waals surface area contributed by atoms with Crippen LogP contribution in [0.25, 0.3) is 0 Å². The standard InChI is InChI=1S/C18H22N6O5/c1-13-12-15(20-18(19-13)23-8-10-28-11-9-23)21-4-6-22(7-5-21)17(25)14-2-3-16(29-14)24(26)27/h2-3,12H,4-11H2,1H3. The lowest BCUT2D eigenvalue weighted by atomic mass is 10.2. The van der Waals surface area contributed by atoms with Crippen molar-refractivity contribution in [2.24, 2.45) is 0 Å². The van der Waals surface area contributed by atoms with E-state index in [1.807, 2.05) is 13.0 Å². The van der Waals surface area contributed by atoms with Crippen molar-refractivity contribution >= 4 is 23.6 Å². The molecule has 1 amide bonds. The maximum atomic E-state index is 12.5. The second-order valence-electron chi connectivity index (χ2n) is 6.94. The van der Waals surface area contributed by atoms with Crippen molar-refractivity contribution in [3.8, 4) is 0 Å². The van der Waals surface area contributed by atoms with Crippen LogP contribution >= 0.6 is 0 Å². The molecule has 2 aliphatic rings. The van der Waals surface area contributed by atoms with Crippen molar-refractivity contribution in [1.82, 2.24) is 14.9 Å². The van der Waals surface area contributed by atoms with Gasteiger partial charge in [-0.3, -0.25) is 14.9 Å². The van der Waals surface area contributed by atoms with Crippen molar-refractivity contribution in [3.63, 3.8) is 0 Å². The Morgan fingerprint density at radius 1 is 1.07 bits per heavy atom. The Kier molecular flexibility index (Phi) is 5.30. The van der Waals surface area contributed by atoms with Crippen LogP contribution in [0.5, 0.6) is 0 Å². The van der Waals surface area contributed by atoms with Crippen LogP contribution < -0.4 is 9.80 Å². The number of morpholine rings is 1. The molecular formula is C18H22N6O5. The van der Waals surface area contributed by atoms with Crippen LogP contribution in [0.4, 0.5) is 17.7 Å². The third-order valence-electron chi connectivity index (χ3n) is 5.00. The smallest absolute Gasteiger partial charge is 0.395 e. The Balaban J connectivity index is 1.42. The van der Waals surface area contributed by atoms with Gasteiger partial charge in [-0.2, -0.15) is 4.98 Å². The molecule has 0 aromatic carbocycles. The summed E-state index contributed by atoms with van der Waals surface area (Å²) in [5.41, 5.74) is 0.887. The van der Waals surface area contributed by atoms with Gasteiger partial charge in [0.05, 0.1) is 19.3 Å². The molecular weight excluding hydrogens is 380 g/mol. The van der Waals surface area contributed by atoms with E-state index in [1.54, 1.807) is 4.90 Å². The third-order valence-corrected chi connectivity index (χ3v) is 5.00. The summed E-state index contributed by atoms with van der Waals surface area (Å²) in [5.74, 6) is 0.742. The molecule has 4 heterocycles. The molecule has 29 heavy (non-hydrogen) atoms. The fourth-order valence-electron chi connectivity index (χ4n) is 3.44. The normalized spacial score (nSPS) is 17.5. The largest absolute Gasteiger partial charge is 0.433 e. The zero-order valence-electron chi connectivity index (χ0n) is 16.1. The lowest BCUT2D eigenvalue weighted by molar-refractivity contribution is -0.402. The van der Waals surface area contributed by atoms with Crippen molar-refractivity contribution < 1.29 is 18.9 Å². The number of amides is 1. The van der Waals surface area contributed by atoms with E-state index >= 15 is 0 Å². The molecule has 0 saturated carbocycles. The van der Waals surface area contributed by atoms with E-state index < -0.39 is 10.8 Å². The highest BCUT2D eigenvalue weighted by molar-refractivity contribution is 5.92. The van der Waals surface area contributed by atoms with Gasteiger partial charge in [-0.1, -0.05) is 0 Å². The molecule has 2 saturated heterocycles. The predicted molar refractivity (Wildman–Crippen MR) is 103 cm³/mol. The molecule has 154 valence electrons. The van der Waals surface area contributed by atoms with E-state index in [1.165, 1.54) is 12.1 Å². The molecule has 2 aliphatic heterocycles. The summed E-state index contributed by atoms with van der Waals surface area (Å²) in [6.07, 6.45) is 0. The maximum Gasteiger partial charge on any atom is 0.433 e. The molecule has 11 heteroatoms. The average molecular weight is 402 g/mol. The Hall–Kier alpha value is -3.21. The first-order chi connectivity index (χ1) is 14.0. The monoisotopic (exact) mass is 402 g/mol. The first kappa shape index (κ1) is 19.1. The predicted octanol–water partition coefficient (Wildman–Crippen LogP) is 1.09. The van der Waals surface area contributed by atoms with E-state index in [4.69, 9.17) is 14.1 Å². The Bertz CT molecular complexity index is 902. The minimum absolute atomic E-state index is 0.0161. The van der Waals surface area contributed by atoms with Crippen LogP contribution in [0, 0.1) is 17.0 Å². The van der Waals surface area contributed by atoms with Gasteiger partial charge in [0.1, 0.15) is 10.7 Å². The lowest BCUT2D eigenvalue weighted by Gasteiger charge is -2.35. The molecule has 0 radical (unpaired) electrons. The Labute approximate surface area is 167 Å². The number of hydrogen-bond acceptors (Lipinski definition) is 9. The number of nitrogens with zero attached hydrogens (tertiary/aromatic N) is 6. The van der Waals surface area contributed by atoms with Crippen LogP contribution in [0.3, 0.4) is 0 Å². The van der Waals surface area contributed by atoms with Crippen LogP contribution in [0.15, 0.2) is 22.6 Å². The van der Waals surface area contributed by atoms with Gasteiger partial charge in [0.25, 0.3) is 5.91 Å². The highest BCUT2D eigenvalue weighted by Crippen LogP contribution is 2.22. The first-order valence-electron chi connectivity index (χ1n) is 9.48. The molecule has 11 nitrogen and oxygen atoms in total. The van der Waals surface area contributed by atoms with Gasteiger partial charge < -0.3 is 23.9 Å². The van der Waals surface area contributed by atoms with E-state index in [0.29, 0.717) is 45.3 Å². The fraction of sp³-hybridized carbons (Fsp3) is 0.500. The average Bonchev–Trinajstić information content (AvgIpc) is 3.24. The molecule has 2 aromatic heterocycles. The summed E-state index contributed by atoms with van der Waals surface area (Å²) in [4.78, 5) is 37.8. The number of nitro groups is 1. The van der Waals surface area contributed by atoms with Gasteiger partial charge in [0, 0.05) is 51.0 Å². The van der Waals surface area contributed by atoms with E-state index in [9.17, 15) is 14.9 Å². The van der Waals surface area contributed by atoms with E-state index in [-0.39, 0.29) is 11.7 Å². The molecule has 0 N–H and O–H groups in total. The van der Waals surface area contributed by atoms with Crippen LogP contribution in [0.2, 0.25) is 0 Å². The highest BCUT2D eigenvalue weighted by atomic mass is 16.6. The van der Waals surface area contributed by atoms with Crippen molar-refractivity contribution in [2.45, 2.75) is 6.92 Å². The molecule has 4 rings (SSSR count).